The fourth-order valence-electron chi connectivity index (χ4n) is 5.10. The highest BCUT2D eigenvalue weighted by molar-refractivity contribution is 7.78. The molecule has 0 spiro atoms. The summed E-state index contributed by atoms with van der Waals surface area (Å²) in [5, 5.41) is 1.81. The highest BCUT2D eigenvalue weighted by Crippen LogP contribution is 2.39. The number of rotatable bonds is 11. The van der Waals surface area contributed by atoms with Gasteiger partial charge in [0.25, 0.3) is 0 Å². The Hall–Kier alpha value is -4.93. The second-order valence-electron chi connectivity index (χ2n) is 10.8. The van der Waals surface area contributed by atoms with Crippen LogP contribution in [0.2, 0.25) is 0 Å². The van der Waals surface area contributed by atoms with Crippen LogP contribution in [0.15, 0.2) is 84.0 Å². The fraction of sp³-hybridized carbons (Fsp3) is 0.167. The van der Waals surface area contributed by atoms with E-state index in [0.717, 1.165) is 61.6 Å². The second-order valence-corrected chi connectivity index (χ2v) is 11.0. The summed E-state index contributed by atoms with van der Waals surface area (Å²) in [4.78, 5) is 7.62. The Labute approximate surface area is 275 Å². The van der Waals surface area contributed by atoms with Gasteiger partial charge < -0.3 is 4.74 Å². The molecule has 0 aliphatic rings. The van der Waals surface area contributed by atoms with E-state index in [1.165, 1.54) is 12.1 Å². The number of ether oxygens (including phenoxy) is 1. The van der Waals surface area contributed by atoms with Gasteiger partial charge in [-0.1, -0.05) is 38.0 Å². The Morgan fingerprint density at radius 3 is 1.83 bits per heavy atom. The molecule has 0 unspecified atom stereocenters. The molecule has 4 aromatic carbocycles. The number of thiocarbonyl (C=S) groups is 1. The highest BCUT2D eigenvalue weighted by atomic mass is 32.1. The van der Waals surface area contributed by atoms with Gasteiger partial charge in [0, 0.05) is 29.0 Å². The molecule has 0 bridgehead atoms. The molecule has 0 fully saturated rings. The smallest absolute Gasteiger partial charge is 0.429 e. The number of benzene rings is 4. The Balaban J connectivity index is 1.36. The predicted molar refractivity (Wildman–Crippen MR) is 169 cm³/mol. The zero-order valence-electron chi connectivity index (χ0n) is 25.1. The zero-order chi connectivity index (χ0) is 34.6. The molecule has 5 rings (SSSR count). The number of unbranched alkanes of at least 4 members (excludes halogenated alkanes) is 2. The monoisotopic (exact) mass is 684 g/mol. The lowest BCUT2D eigenvalue weighted by Crippen LogP contribution is -2.25. The molecule has 0 saturated heterocycles. The van der Waals surface area contributed by atoms with Crippen LogP contribution in [0.5, 0.6) is 5.75 Å². The van der Waals surface area contributed by atoms with E-state index in [4.69, 9.17) is 0 Å². The molecule has 0 N–H and O–H groups in total. The molecule has 0 aliphatic heterocycles. The van der Waals surface area contributed by atoms with Crippen molar-refractivity contribution in [3.63, 3.8) is 0 Å². The van der Waals surface area contributed by atoms with Crippen LogP contribution in [-0.2, 0) is 12.5 Å². The predicted octanol–water partition coefficient (Wildman–Crippen LogP) is 11.5. The van der Waals surface area contributed by atoms with Crippen molar-refractivity contribution in [2.24, 2.45) is 4.99 Å². The van der Waals surface area contributed by atoms with E-state index in [1.54, 1.807) is 12.3 Å². The van der Waals surface area contributed by atoms with E-state index < -0.39 is 63.6 Å². The molecule has 0 amide bonds. The van der Waals surface area contributed by atoms with Crippen molar-refractivity contribution >= 4 is 23.1 Å². The summed E-state index contributed by atoms with van der Waals surface area (Å²) in [6, 6.07) is 12.2. The first kappa shape index (κ1) is 34.4. The second kappa shape index (κ2) is 14.5. The Morgan fingerprint density at radius 1 is 0.708 bits per heavy atom. The largest absolute Gasteiger partial charge is 0.432 e. The molecule has 48 heavy (non-hydrogen) atoms. The maximum absolute atomic E-state index is 15.1. The van der Waals surface area contributed by atoms with Crippen molar-refractivity contribution in [3.8, 4) is 39.3 Å². The number of hydrogen-bond donors (Lipinski definition) is 0. The van der Waals surface area contributed by atoms with Crippen molar-refractivity contribution in [2.45, 2.75) is 38.7 Å². The van der Waals surface area contributed by atoms with Crippen LogP contribution in [0.3, 0.4) is 0 Å². The van der Waals surface area contributed by atoms with E-state index >= 15 is 22.0 Å². The summed E-state index contributed by atoms with van der Waals surface area (Å²) in [5.41, 5.74) is -1.94. The van der Waals surface area contributed by atoms with Gasteiger partial charge in [-0.2, -0.15) is 13.8 Å². The fourth-order valence-corrected chi connectivity index (χ4v) is 5.19. The molecule has 12 heteroatoms. The summed E-state index contributed by atoms with van der Waals surface area (Å²) in [5.74, 6) is -8.82. The molecular formula is C36H24F8N2OS. The molecule has 0 saturated carbocycles. The maximum Gasteiger partial charge on any atom is 0.432 e. The van der Waals surface area contributed by atoms with Crippen LogP contribution < -0.4 is 4.74 Å². The minimum Gasteiger partial charge on any atom is -0.429 e. The lowest BCUT2D eigenvalue weighted by molar-refractivity contribution is -0.189. The Bertz CT molecular complexity index is 1980. The number of aromatic nitrogens is 1. The molecule has 246 valence electrons. The normalized spacial score (nSPS) is 11.4. The van der Waals surface area contributed by atoms with Gasteiger partial charge >= 0.3 is 6.11 Å². The van der Waals surface area contributed by atoms with E-state index in [-0.39, 0.29) is 16.7 Å². The van der Waals surface area contributed by atoms with Crippen LogP contribution in [0.25, 0.3) is 33.5 Å². The van der Waals surface area contributed by atoms with Crippen molar-refractivity contribution in [3.05, 3.63) is 125 Å². The minimum atomic E-state index is -4.66. The third kappa shape index (κ3) is 7.45. The minimum absolute atomic E-state index is 0.254. The van der Waals surface area contributed by atoms with E-state index in [0.29, 0.717) is 29.5 Å². The maximum atomic E-state index is 15.1. The first-order valence-electron chi connectivity index (χ1n) is 14.6. The van der Waals surface area contributed by atoms with Gasteiger partial charge in [-0.05, 0) is 90.3 Å². The van der Waals surface area contributed by atoms with Crippen LogP contribution in [0, 0.1) is 34.9 Å². The first-order valence-corrected chi connectivity index (χ1v) is 15.0. The van der Waals surface area contributed by atoms with Crippen LogP contribution >= 0.6 is 12.2 Å². The van der Waals surface area contributed by atoms with Gasteiger partial charge in [0.2, 0.25) is 0 Å². The number of isothiocyanates is 1. The van der Waals surface area contributed by atoms with Crippen molar-refractivity contribution in [1.29, 1.82) is 0 Å². The number of pyridine rings is 1. The summed E-state index contributed by atoms with van der Waals surface area (Å²) >= 11 is 4.33. The number of aliphatic imine (C=N–C) groups is 1. The van der Waals surface area contributed by atoms with Gasteiger partial charge in [-0.25, -0.2) is 26.3 Å². The summed E-state index contributed by atoms with van der Waals surface area (Å²) < 4.78 is 123. The van der Waals surface area contributed by atoms with Gasteiger partial charge in [-0.15, -0.1) is 0 Å². The number of alkyl halides is 2. The molecule has 0 radical (unpaired) electrons. The summed E-state index contributed by atoms with van der Waals surface area (Å²) in [6.45, 7) is 2.10. The van der Waals surface area contributed by atoms with Gasteiger partial charge in [0.05, 0.1) is 10.9 Å². The number of aryl methyl sites for hydroxylation is 1. The molecule has 5 aromatic rings. The van der Waals surface area contributed by atoms with Crippen LogP contribution in [-0.4, -0.2) is 10.1 Å². The lowest BCUT2D eigenvalue weighted by atomic mass is 9.99. The summed E-state index contributed by atoms with van der Waals surface area (Å²) in [7, 11) is 0. The van der Waals surface area contributed by atoms with Gasteiger partial charge in [-0.3, -0.25) is 4.98 Å². The molecule has 1 aromatic heterocycles. The molecule has 3 nitrogen and oxygen atoms in total. The molecule has 0 aliphatic carbocycles. The molecule has 0 atom stereocenters. The quantitative estimate of drug-likeness (QED) is 0.0601. The summed E-state index contributed by atoms with van der Waals surface area (Å²) in [6.07, 6.45) is 1.10. The Kier molecular flexibility index (Phi) is 10.4. The average molecular weight is 685 g/mol. The molecular weight excluding hydrogens is 660 g/mol. The van der Waals surface area contributed by atoms with Crippen LogP contribution in [0.4, 0.5) is 40.8 Å². The highest BCUT2D eigenvalue weighted by Gasteiger charge is 2.41. The van der Waals surface area contributed by atoms with E-state index in [2.05, 4.69) is 33.9 Å². The number of hydrogen-bond acceptors (Lipinski definition) is 4. The van der Waals surface area contributed by atoms with E-state index in [9.17, 15) is 13.2 Å². The van der Waals surface area contributed by atoms with Gasteiger partial charge in [0.15, 0.2) is 11.6 Å². The standard InChI is InChI=1S/C36H24F8N2OS/c1-2-3-4-5-20-6-11-33(45-18-20)21-7-9-25(27(37)12-21)22-13-29(39)34(30(40)14-22)36(43,44)47-24-8-10-26(28(38)17-24)23-15-31(41)35(46-19-48)32(42)16-23/h6-18H,2-5H2,1H3. The lowest BCUT2D eigenvalue weighted by Gasteiger charge is -2.20. The third-order valence-corrected chi connectivity index (χ3v) is 7.57. The van der Waals surface area contributed by atoms with Crippen LogP contribution in [0.1, 0.15) is 37.3 Å². The zero-order valence-corrected chi connectivity index (χ0v) is 25.9. The first-order chi connectivity index (χ1) is 22.9. The van der Waals surface area contributed by atoms with Crippen molar-refractivity contribution < 1.29 is 39.9 Å². The Morgan fingerprint density at radius 2 is 1.29 bits per heavy atom. The van der Waals surface area contributed by atoms with Crippen molar-refractivity contribution in [1.82, 2.24) is 4.98 Å². The number of nitrogens with zero attached hydrogens (tertiary/aromatic N) is 2. The average Bonchev–Trinajstić information content (AvgIpc) is 3.02. The SMILES string of the molecule is CCCCCc1ccc(-c2ccc(-c3cc(F)c(C(F)(F)Oc4ccc(-c5cc(F)c(N=C=S)c(F)c5)c(F)c4)c(F)c3)c(F)c2)nc1. The topological polar surface area (TPSA) is 34.5 Å². The van der Waals surface area contributed by atoms with Gasteiger partial charge in [0.1, 0.15) is 40.3 Å². The number of halogens is 8. The van der Waals surface area contributed by atoms with Crippen molar-refractivity contribution in [2.75, 3.05) is 0 Å². The van der Waals surface area contributed by atoms with E-state index in [1.807, 2.05) is 11.2 Å². The molecule has 1 heterocycles. The third-order valence-electron chi connectivity index (χ3n) is 7.47.